The predicted octanol–water partition coefficient (Wildman–Crippen LogP) is 3.28. The number of hydrogen-bond acceptors (Lipinski definition) is 5. The third-order valence-corrected chi connectivity index (χ3v) is 6.00. The van der Waals surface area contributed by atoms with Gasteiger partial charge in [-0.25, -0.2) is 18.4 Å². The van der Waals surface area contributed by atoms with Crippen LogP contribution in [0.3, 0.4) is 0 Å². The van der Waals surface area contributed by atoms with Gasteiger partial charge in [-0.05, 0) is 29.9 Å². The second-order valence-corrected chi connectivity index (χ2v) is 9.56. The highest BCUT2D eigenvalue weighted by Crippen LogP contribution is 2.37. The number of anilines is 1. The summed E-state index contributed by atoms with van der Waals surface area (Å²) in [6, 6.07) is 2.02. The van der Waals surface area contributed by atoms with Crippen molar-refractivity contribution in [3.63, 3.8) is 0 Å². The summed E-state index contributed by atoms with van der Waals surface area (Å²) < 4.78 is 23.1. The Kier molecular flexibility index (Phi) is 4.47. The van der Waals surface area contributed by atoms with Crippen LogP contribution in [0.2, 0.25) is 5.15 Å². The van der Waals surface area contributed by atoms with Gasteiger partial charge in [-0.2, -0.15) is 0 Å². The summed E-state index contributed by atoms with van der Waals surface area (Å²) in [5.41, 5.74) is 1.14. The molecule has 1 aliphatic rings. The Morgan fingerprint density at radius 1 is 1.29 bits per heavy atom. The van der Waals surface area contributed by atoms with E-state index in [9.17, 15) is 8.42 Å². The van der Waals surface area contributed by atoms with Gasteiger partial charge in [0.15, 0.2) is 0 Å². The smallest absolute Gasteiger partial charge is 0.147 e. The van der Waals surface area contributed by atoms with Gasteiger partial charge in [-0.1, -0.05) is 25.4 Å². The van der Waals surface area contributed by atoms with E-state index in [1.807, 2.05) is 19.2 Å². The Morgan fingerprint density at radius 2 is 2.00 bits per heavy atom. The molecule has 0 N–H and O–H groups in total. The zero-order valence-electron chi connectivity index (χ0n) is 14.3. The first-order chi connectivity index (χ1) is 11.2. The monoisotopic (exact) mass is 367 g/mol. The Hall–Kier alpha value is -1.40. The molecule has 1 fully saturated rings. The van der Waals surface area contributed by atoms with Crippen molar-refractivity contribution < 1.29 is 8.42 Å². The van der Waals surface area contributed by atoms with Gasteiger partial charge in [0, 0.05) is 42.5 Å². The molecule has 1 saturated heterocycles. The molecular weight excluding hydrogens is 346 g/mol. The van der Waals surface area contributed by atoms with E-state index in [2.05, 4.69) is 28.7 Å². The van der Waals surface area contributed by atoms with Crippen molar-refractivity contribution in [2.45, 2.75) is 32.7 Å². The van der Waals surface area contributed by atoms with Gasteiger partial charge in [0.1, 0.15) is 20.8 Å². The predicted molar refractivity (Wildman–Crippen MR) is 98.6 cm³/mol. The zero-order valence-corrected chi connectivity index (χ0v) is 15.9. The molecule has 0 unspecified atom stereocenters. The lowest BCUT2D eigenvalue weighted by Gasteiger charge is -2.47. The standard InChI is InChI=1S/C17H22ClN3O2S/c1-10(2)14-6-20-17(15-7-19-16(18)5-13(14)15)21-8-12(11(21)3)9-24(4,22)23/h5-7,10-12H,8-9H2,1-4H3/t11-,12-/m1/s1. The minimum Gasteiger partial charge on any atom is -0.353 e. The fourth-order valence-electron chi connectivity index (χ4n) is 3.35. The highest BCUT2D eigenvalue weighted by Gasteiger charge is 2.39. The number of nitrogens with zero attached hydrogens (tertiary/aromatic N) is 3. The SMILES string of the molecule is CC(C)c1cnc(N2C[C@H](CS(C)(=O)=O)[C@H]2C)c2cnc(Cl)cc12. The molecule has 2 aromatic rings. The Labute approximate surface area is 148 Å². The summed E-state index contributed by atoms with van der Waals surface area (Å²) in [6.07, 6.45) is 4.96. The van der Waals surface area contributed by atoms with Crippen LogP contribution in [0, 0.1) is 5.92 Å². The van der Waals surface area contributed by atoms with E-state index in [0.717, 1.165) is 22.2 Å². The average molecular weight is 368 g/mol. The molecule has 0 amide bonds. The summed E-state index contributed by atoms with van der Waals surface area (Å²) in [7, 11) is -2.97. The first-order valence-electron chi connectivity index (χ1n) is 8.06. The molecule has 130 valence electrons. The molecule has 0 aromatic carbocycles. The number of halogens is 1. The highest BCUT2D eigenvalue weighted by molar-refractivity contribution is 7.90. The summed E-state index contributed by atoms with van der Waals surface area (Å²) in [4.78, 5) is 11.0. The van der Waals surface area contributed by atoms with Crippen LogP contribution in [0.25, 0.3) is 10.8 Å². The van der Waals surface area contributed by atoms with Gasteiger partial charge in [0.2, 0.25) is 0 Å². The lowest BCUT2D eigenvalue weighted by atomic mass is 9.90. The lowest BCUT2D eigenvalue weighted by Crippen LogP contribution is -2.57. The molecule has 3 heterocycles. The number of hydrogen-bond donors (Lipinski definition) is 0. The Morgan fingerprint density at radius 3 is 2.58 bits per heavy atom. The normalized spacial score (nSPS) is 21.3. The number of fused-ring (bicyclic) bond motifs is 1. The fraction of sp³-hybridized carbons (Fsp3) is 0.529. The van der Waals surface area contributed by atoms with Crippen LogP contribution in [0.4, 0.5) is 5.82 Å². The molecule has 0 saturated carbocycles. The molecule has 0 bridgehead atoms. The summed E-state index contributed by atoms with van der Waals surface area (Å²) in [5.74, 6) is 1.55. The van der Waals surface area contributed by atoms with Crippen molar-refractivity contribution in [3.05, 3.63) is 29.2 Å². The molecule has 24 heavy (non-hydrogen) atoms. The maximum absolute atomic E-state index is 11.5. The molecule has 0 spiro atoms. The molecule has 5 nitrogen and oxygen atoms in total. The molecule has 0 radical (unpaired) electrons. The first-order valence-corrected chi connectivity index (χ1v) is 10.5. The summed E-state index contributed by atoms with van der Waals surface area (Å²) in [5, 5.41) is 2.50. The number of rotatable bonds is 4. The number of pyridine rings is 2. The van der Waals surface area contributed by atoms with Crippen LogP contribution < -0.4 is 4.90 Å². The molecule has 2 atom stereocenters. The molecule has 0 aliphatic carbocycles. The fourth-order valence-corrected chi connectivity index (χ4v) is 4.67. The van der Waals surface area contributed by atoms with Gasteiger partial charge in [0.05, 0.1) is 5.75 Å². The van der Waals surface area contributed by atoms with Crippen LogP contribution in [0.15, 0.2) is 18.5 Å². The van der Waals surface area contributed by atoms with Crippen LogP contribution in [-0.2, 0) is 9.84 Å². The van der Waals surface area contributed by atoms with Crippen molar-refractivity contribution in [3.8, 4) is 0 Å². The van der Waals surface area contributed by atoms with E-state index >= 15 is 0 Å². The lowest BCUT2D eigenvalue weighted by molar-refractivity contribution is 0.339. The summed E-state index contributed by atoms with van der Waals surface area (Å²) in [6.45, 7) is 6.99. The van der Waals surface area contributed by atoms with Gasteiger partial charge in [-0.15, -0.1) is 0 Å². The third kappa shape index (κ3) is 3.22. The van der Waals surface area contributed by atoms with Gasteiger partial charge < -0.3 is 4.90 Å². The van der Waals surface area contributed by atoms with E-state index in [4.69, 9.17) is 11.6 Å². The largest absolute Gasteiger partial charge is 0.353 e. The quantitative estimate of drug-likeness (QED) is 0.776. The first kappa shape index (κ1) is 17.4. The zero-order chi connectivity index (χ0) is 17.6. The molecular formula is C17H22ClN3O2S. The molecule has 3 rings (SSSR count). The van der Waals surface area contributed by atoms with Crippen LogP contribution >= 0.6 is 11.6 Å². The van der Waals surface area contributed by atoms with Gasteiger partial charge in [0.25, 0.3) is 0 Å². The van der Waals surface area contributed by atoms with Crippen LogP contribution in [0.1, 0.15) is 32.3 Å². The van der Waals surface area contributed by atoms with E-state index in [-0.39, 0.29) is 17.7 Å². The second-order valence-electron chi connectivity index (χ2n) is 6.99. The van der Waals surface area contributed by atoms with E-state index in [1.54, 1.807) is 6.20 Å². The maximum Gasteiger partial charge on any atom is 0.147 e. The van der Waals surface area contributed by atoms with E-state index < -0.39 is 9.84 Å². The van der Waals surface area contributed by atoms with E-state index in [1.165, 1.54) is 6.26 Å². The van der Waals surface area contributed by atoms with Crippen LogP contribution in [0.5, 0.6) is 0 Å². The molecule has 2 aromatic heterocycles. The maximum atomic E-state index is 11.5. The number of sulfone groups is 1. The number of aromatic nitrogens is 2. The molecule has 1 aliphatic heterocycles. The minimum atomic E-state index is -2.97. The Balaban J connectivity index is 1.99. The highest BCUT2D eigenvalue weighted by atomic mass is 35.5. The van der Waals surface area contributed by atoms with Crippen molar-refractivity contribution in [1.29, 1.82) is 0 Å². The average Bonchev–Trinajstić information content (AvgIpc) is 2.48. The third-order valence-electron chi connectivity index (χ3n) is 4.76. The Bertz CT molecular complexity index is 883. The topological polar surface area (TPSA) is 63.2 Å². The van der Waals surface area contributed by atoms with Gasteiger partial charge >= 0.3 is 0 Å². The van der Waals surface area contributed by atoms with Crippen molar-refractivity contribution in [2.75, 3.05) is 23.5 Å². The van der Waals surface area contributed by atoms with Gasteiger partial charge in [-0.3, -0.25) is 0 Å². The van der Waals surface area contributed by atoms with Crippen LogP contribution in [-0.4, -0.2) is 43.0 Å². The van der Waals surface area contributed by atoms with Crippen molar-refractivity contribution in [1.82, 2.24) is 9.97 Å². The summed E-state index contributed by atoms with van der Waals surface area (Å²) >= 11 is 6.09. The minimum absolute atomic E-state index is 0.135. The van der Waals surface area contributed by atoms with E-state index in [0.29, 0.717) is 17.6 Å². The van der Waals surface area contributed by atoms with Crippen molar-refractivity contribution in [2.24, 2.45) is 5.92 Å². The molecule has 7 heteroatoms. The van der Waals surface area contributed by atoms with Crippen molar-refractivity contribution >= 4 is 38.0 Å². The second kappa shape index (κ2) is 6.15.